The normalized spacial score (nSPS) is 17.3. The summed E-state index contributed by atoms with van der Waals surface area (Å²) < 4.78 is 16.6. The Hall–Kier alpha value is -2.69. The molecule has 0 fully saturated rings. The van der Waals surface area contributed by atoms with Crippen molar-refractivity contribution in [2.24, 2.45) is 11.1 Å². The molecule has 1 unspecified atom stereocenters. The summed E-state index contributed by atoms with van der Waals surface area (Å²) in [4.78, 5) is 11.4. The van der Waals surface area contributed by atoms with E-state index in [4.69, 9.17) is 19.9 Å². The fraction of sp³-hybridized carbons (Fsp3) is 0.409. The maximum Gasteiger partial charge on any atom is 0.405 e. The van der Waals surface area contributed by atoms with Crippen LogP contribution in [0.2, 0.25) is 0 Å². The minimum absolute atomic E-state index is 0.229. The van der Waals surface area contributed by atoms with E-state index in [1.807, 2.05) is 19.9 Å². The second kappa shape index (κ2) is 6.80. The lowest BCUT2D eigenvalue weighted by atomic mass is 9.87. The molecule has 1 atom stereocenters. The van der Waals surface area contributed by atoms with Gasteiger partial charge >= 0.3 is 6.09 Å². The molecule has 1 amide bonds. The van der Waals surface area contributed by atoms with E-state index >= 15 is 0 Å². The van der Waals surface area contributed by atoms with Crippen molar-refractivity contribution in [3.05, 3.63) is 46.5 Å². The Morgan fingerprint density at radius 1 is 1.07 bits per heavy atom. The Morgan fingerprint density at radius 3 is 2.22 bits per heavy atom. The smallest absolute Gasteiger partial charge is 0.405 e. The van der Waals surface area contributed by atoms with Crippen LogP contribution in [0.5, 0.6) is 11.5 Å². The average molecular weight is 369 g/mol. The molecule has 2 aromatic carbocycles. The zero-order valence-electron chi connectivity index (χ0n) is 16.8. The number of nitrogens with two attached hydrogens (primary N) is 1. The van der Waals surface area contributed by atoms with E-state index in [9.17, 15) is 4.79 Å². The van der Waals surface area contributed by atoms with Crippen molar-refractivity contribution in [3.8, 4) is 22.6 Å². The van der Waals surface area contributed by atoms with E-state index in [0.29, 0.717) is 0 Å². The molecule has 0 heterocycles. The first-order valence-corrected chi connectivity index (χ1v) is 9.00. The topological polar surface area (TPSA) is 70.8 Å². The number of carbonyl (C=O) groups excluding carboxylic acids is 1. The van der Waals surface area contributed by atoms with Crippen molar-refractivity contribution < 1.29 is 19.0 Å². The van der Waals surface area contributed by atoms with E-state index in [1.54, 1.807) is 14.2 Å². The SMILES string of the molecule is COc1cc2c(cc1-c1cc(C)c(OC)c(C)c1)CC(C)(C)C2OC(N)=O. The lowest BCUT2D eigenvalue weighted by Crippen LogP contribution is -2.25. The summed E-state index contributed by atoms with van der Waals surface area (Å²) >= 11 is 0. The maximum absolute atomic E-state index is 11.4. The number of benzene rings is 2. The summed E-state index contributed by atoms with van der Waals surface area (Å²) in [5, 5.41) is 0. The standard InChI is InChI=1S/C22H27NO4/c1-12-7-14(8-13(2)19(12)26-6)16-9-15-11-22(3,4)20(27-21(23)24)17(15)10-18(16)25-5/h7-10,20H,11H2,1-6H3,(H2,23,24). The quantitative estimate of drug-likeness (QED) is 0.847. The average Bonchev–Trinajstić information content (AvgIpc) is 2.82. The van der Waals surface area contributed by atoms with Crippen LogP contribution in [-0.4, -0.2) is 20.3 Å². The molecule has 1 aliphatic carbocycles. The fourth-order valence-corrected chi connectivity index (χ4v) is 4.20. The van der Waals surface area contributed by atoms with Crippen LogP contribution < -0.4 is 15.2 Å². The second-order valence-corrected chi connectivity index (χ2v) is 7.88. The summed E-state index contributed by atoms with van der Waals surface area (Å²) in [6, 6.07) is 8.32. The Labute approximate surface area is 160 Å². The van der Waals surface area contributed by atoms with Gasteiger partial charge < -0.3 is 19.9 Å². The maximum atomic E-state index is 11.4. The summed E-state index contributed by atoms with van der Waals surface area (Å²) in [6.45, 7) is 8.23. The zero-order chi connectivity index (χ0) is 19.9. The summed E-state index contributed by atoms with van der Waals surface area (Å²) in [6.07, 6.45) is -0.344. The van der Waals surface area contributed by atoms with Crippen LogP contribution in [0.25, 0.3) is 11.1 Å². The van der Waals surface area contributed by atoms with Crippen molar-refractivity contribution in [2.75, 3.05) is 14.2 Å². The highest BCUT2D eigenvalue weighted by Gasteiger charge is 2.42. The molecule has 3 rings (SSSR count). The van der Waals surface area contributed by atoms with Crippen LogP contribution in [0, 0.1) is 19.3 Å². The third-order valence-electron chi connectivity index (χ3n) is 5.31. The number of rotatable bonds is 4. The first-order chi connectivity index (χ1) is 12.7. The molecule has 0 bridgehead atoms. The molecule has 0 saturated carbocycles. The van der Waals surface area contributed by atoms with Gasteiger partial charge in [0.1, 0.15) is 17.6 Å². The van der Waals surface area contributed by atoms with E-state index in [2.05, 4.69) is 32.0 Å². The van der Waals surface area contributed by atoms with Gasteiger partial charge in [-0.1, -0.05) is 13.8 Å². The zero-order valence-corrected chi connectivity index (χ0v) is 16.8. The van der Waals surface area contributed by atoms with Gasteiger partial charge in [0, 0.05) is 11.0 Å². The lowest BCUT2D eigenvalue weighted by Gasteiger charge is -2.26. The van der Waals surface area contributed by atoms with Crippen molar-refractivity contribution in [2.45, 2.75) is 40.2 Å². The highest BCUT2D eigenvalue weighted by atomic mass is 16.6. The second-order valence-electron chi connectivity index (χ2n) is 7.88. The molecule has 0 saturated heterocycles. The van der Waals surface area contributed by atoms with Crippen LogP contribution in [0.3, 0.4) is 0 Å². The van der Waals surface area contributed by atoms with Gasteiger partial charge in [0.25, 0.3) is 0 Å². The fourth-order valence-electron chi connectivity index (χ4n) is 4.20. The molecular weight excluding hydrogens is 342 g/mol. The highest BCUT2D eigenvalue weighted by Crippen LogP contribution is 2.50. The van der Waals surface area contributed by atoms with Gasteiger partial charge in [-0.05, 0) is 72.4 Å². The molecule has 1 aliphatic rings. The Morgan fingerprint density at radius 2 is 1.70 bits per heavy atom. The van der Waals surface area contributed by atoms with Crippen molar-refractivity contribution in [3.63, 3.8) is 0 Å². The molecule has 0 aromatic heterocycles. The number of fused-ring (bicyclic) bond motifs is 1. The Kier molecular flexibility index (Phi) is 4.81. The number of hydrogen-bond acceptors (Lipinski definition) is 4. The predicted molar refractivity (Wildman–Crippen MR) is 105 cm³/mol. The highest BCUT2D eigenvalue weighted by molar-refractivity contribution is 5.75. The van der Waals surface area contributed by atoms with E-state index < -0.39 is 6.09 Å². The van der Waals surface area contributed by atoms with Crippen molar-refractivity contribution >= 4 is 6.09 Å². The number of primary amides is 1. The molecule has 144 valence electrons. The number of carbonyl (C=O) groups is 1. The number of amides is 1. The largest absolute Gasteiger partial charge is 0.496 e. The summed E-state index contributed by atoms with van der Waals surface area (Å²) in [5.41, 5.74) is 11.4. The molecule has 27 heavy (non-hydrogen) atoms. The number of hydrogen-bond donors (Lipinski definition) is 1. The van der Waals surface area contributed by atoms with Crippen LogP contribution in [0.1, 0.15) is 42.2 Å². The van der Waals surface area contributed by atoms with Gasteiger partial charge in [-0.25, -0.2) is 4.79 Å². The van der Waals surface area contributed by atoms with Crippen molar-refractivity contribution in [1.29, 1.82) is 0 Å². The predicted octanol–water partition coefficient (Wildman–Crippen LogP) is 4.71. The van der Waals surface area contributed by atoms with Crippen LogP contribution >= 0.6 is 0 Å². The van der Waals surface area contributed by atoms with Gasteiger partial charge in [0.05, 0.1) is 14.2 Å². The Balaban J connectivity index is 2.15. The van der Waals surface area contributed by atoms with E-state index in [1.165, 1.54) is 0 Å². The van der Waals surface area contributed by atoms with Crippen LogP contribution in [0.4, 0.5) is 4.79 Å². The molecule has 0 radical (unpaired) electrons. The first kappa shape index (κ1) is 19.1. The minimum atomic E-state index is -0.759. The minimum Gasteiger partial charge on any atom is -0.496 e. The van der Waals surface area contributed by atoms with Gasteiger partial charge in [0.15, 0.2) is 0 Å². The van der Waals surface area contributed by atoms with Gasteiger partial charge in [0.2, 0.25) is 0 Å². The third kappa shape index (κ3) is 3.34. The monoisotopic (exact) mass is 369 g/mol. The van der Waals surface area contributed by atoms with Gasteiger partial charge in [-0.3, -0.25) is 0 Å². The number of methoxy groups -OCH3 is 2. The molecular formula is C22H27NO4. The van der Waals surface area contributed by atoms with Crippen LogP contribution in [-0.2, 0) is 11.2 Å². The lowest BCUT2D eigenvalue weighted by molar-refractivity contribution is 0.0391. The number of aryl methyl sites for hydroxylation is 2. The van der Waals surface area contributed by atoms with Gasteiger partial charge in [-0.15, -0.1) is 0 Å². The van der Waals surface area contributed by atoms with Gasteiger partial charge in [-0.2, -0.15) is 0 Å². The van der Waals surface area contributed by atoms with E-state index in [-0.39, 0.29) is 11.5 Å². The summed E-state index contributed by atoms with van der Waals surface area (Å²) in [7, 11) is 3.34. The first-order valence-electron chi connectivity index (χ1n) is 9.00. The molecule has 0 spiro atoms. The molecule has 2 aromatic rings. The number of ether oxygens (including phenoxy) is 3. The third-order valence-corrected chi connectivity index (χ3v) is 5.31. The molecule has 5 heteroatoms. The van der Waals surface area contributed by atoms with Crippen molar-refractivity contribution in [1.82, 2.24) is 0 Å². The summed E-state index contributed by atoms with van der Waals surface area (Å²) in [5.74, 6) is 1.64. The molecule has 2 N–H and O–H groups in total. The van der Waals surface area contributed by atoms with Crippen LogP contribution in [0.15, 0.2) is 24.3 Å². The Bertz CT molecular complexity index is 878. The molecule has 0 aliphatic heterocycles. The molecule has 5 nitrogen and oxygen atoms in total. The van der Waals surface area contributed by atoms with E-state index in [0.717, 1.165) is 51.3 Å².